The van der Waals surface area contributed by atoms with Crippen LogP contribution < -0.4 is 5.32 Å². The summed E-state index contributed by atoms with van der Waals surface area (Å²) in [7, 11) is 0. The molecular weight excluding hydrogens is 293 g/mol. The molecule has 1 saturated heterocycles. The number of benzene rings is 1. The van der Waals surface area contributed by atoms with E-state index in [1.54, 1.807) is 6.07 Å². The minimum atomic E-state index is -4.35. The Bertz CT molecular complexity index is 630. The molecule has 0 amide bonds. The third kappa shape index (κ3) is 3.30. The van der Waals surface area contributed by atoms with E-state index in [2.05, 4.69) is 20.5 Å². The molecule has 1 aromatic carbocycles. The zero-order valence-electron chi connectivity index (χ0n) is 12.0. The van der Waals surface area contributed by atoms with Gasteiger partial charge in [0.25, 0.3) is 0 Å². The Hall–Kier alpha value is -1.89. The monoisotopic (exact) mass is 310 g/mol. The highest BCUT2D eigenvalue weighted by molar-refractivity contribution is 5.31. The summed E-state index contributed by atoms with van der Waals surface area (Å²) in [5.74, 6) is 1.47. The second-order valence-corrected chi connectivity index (χ2v) is 5.50. The van der Waals surface area contributed by atoms with Crippen LogP contribution in [0.2, 0.25) is 0 Å². The smallest absolute Gasteiger partial charge is 0.317 e. The molecule has 0 unspecified atom stereocenters. The number of aromatic nitrogens is 3. The number of halogens is 3. The van der Waals surface area contributed by atoms with Crippen molar-refractivity contribution in [1.29, 1.82) is 0 Å². The fourth-order valence-electron chi connectivity index (χ4n) is 2.78. The molecule has 2 N–H and O–H groups in total. The number of aromatic amines is 1. The van der Waals surface area contributed by atoms with Crippen LogP contribution in [-0.2, 0) is 12.6 Å². The van der Waals surface area contributed by atoms with Crippen molar-refractivity contribution in [2.24, 2.45) is 0 Å². The lowest BCUT2D eigenvalue weighted by Crippen LogP contribution is -2.27. The Morgan fingerprint density at radius 2 is 1.86 bits per heavy atom. The van der Waals surface area contributed by atoms with E-state index in [9.17, 15) is 13.2 Å². The van der Waals surface area contributed by atoms with Crippen LogP contribution in [0.5, 0.6) is 0 Å². The van der Waals surface area contributed by atoms with Crippen LogP contribution in [0.15, 0.2) is 24.3 Å². The number of rotatable bonds is 3. The van der Waals surface area contributed by atoms with Gasteiger partial charge in [0.1, 0.15) is 5.82 Å². The molecule has 4 nitrogen and oxygen atoms in total. The topological polar surface area (TPSA) is 53.6 Å². The maximum absolute atomic E-state index is 13.0. The molecule has 1 aromatic heterocycles. The summed E-state index contributed by atoms with van der Waals surface area (Å²) in [5, 5.41) is 10.2. The van der Waals surface area contributed by atoms with E-state index in [1.165, 1.54) is 12.1 Å². The van der Waals surface area contributed by atoms with Crippen LogP contribution in [0.1, 0.15) is 41.5 Å². The largest absolute Gasteiger partial charge is 0.416 e. The molecule has 1 fully saturated rings. The summed E-state index contributed by atoms with van der Waals surface area (Å²) in [6, 6.07) is 5.58. The van der Waals surface area contributed by atoms with Gasteiger partial charge in [-0.1, -0.05) is 18.2 Å². The van der Waals surface area contributed by atoms with Crippen molar-refractivity contribution in [1.82, 2.24) is 20.5 Å². The first-order chi connectivity index (χ1) is 10.5. The Balaban J connectivity index is 1.78. The average molecular weight is 310 g/mol. The Labute approximate surface area is 126 Å². The number of hydrogen-bond donors (Lipinski definition) is 2. The van der Waals surface area contributed by atoms with E-state index in [-0.39, 0.29) is 17.9 Å². The number of piperidine rings is 1. The third-order valence-electron chi connectivity index (χ3n) is 3.93. The SMILES string of the molecule is FC(F)(F)c1ccccc1Cc1nc(C2CCNCC2)n[nH]1. The van der Waals surface area contributed by atoms with Crippen molar-refractivity contribution >= 4 is 0 Å². The van der Waals surface area contributed by atoms with Gasteiger partial charge in [0.15, 0.2) is 5.82 Å². The molecule has 22 heavy (non-hydrogen) atoms. The van der Waals surface area contributed by atoms with Gasteiger partial charge in [0.05, 0.1) is 5.56 Å². The lowest BCUT2D eigenvalue weighted by Gasteiger charge is -2.19. The highest BCUT2D eigenvalue weighted by Gasteiger charge is 2.33. The van der Waals surface area contributed by atoms with Crippen LogP contribution >= 0.6 is 0 Å². The molecule has 2 aromatic rings. The van der Waals surface area contributed by atoms with Gasteiger partial charge >= 0.3 is 6.18 Å². The summed E-state index contributed by atoms with van der Waals surface area (Å²) in [6.45, 7) is 1.84. The number of H-pyrrole nitrogens is 1. The van der Waals surface area contributed by atoms with E-state index < -0.39 is 11.7 Å². The molecule has 1 aliphatic heterocycles. The first kappa shape index (κ1) is 15.0. The van der Waals surface area contributed by atoms with E-state index in [0.29, 0.717) is 11.6 Å². The zero-order valence-corrected chi connectivity index (χ0v) is 12.0. The second kappa shape index (κ2) is 6.08. The van der Waals surface area contributed by atoms with Gasteiger partial charge in [-0.3, -0.25) is 5.10 Å². The molecule has 3 rings (SSSR count). The van der Waals surface area contributed by atoms with Crippen molar-refractivity contribution < 1.29 is 13.2 Å². The van der Waals surface area contributed by atoms with Crippen molar-refractivity contribution in [3.63, 3.8) is 0 Å². The number of nitrogens with one attached hydrogen (secondary N) is 2. The van der Waals surface area contributed by atoms with Crippen LogP contribution in [0.4, 0.5) is 13.2 Å². The minimum Gasteiger partial charge on any atom is -0.317 e. The predicted molar refractivity (Wildman–Crippen MR) is 75.5 cm³/mol. The van der Waals surface area contributed by atoms with E-state index in [0.717, 1.165) is 32.0 Å². The first-order valence-electron chi connectivity index (χ1n) is 7.31. The maximum Gasteiger partial charge on any atom is 0.416 e. The molecular formula is C15H17F3N4. The van der Waals surface area contributed by atoms with Gasteiger partial charge in [0, 0.05) is 12.3 Å². The fourth-order valence-corrected chi connectivity index (χ4v) is 2.78. The summed E-state index contributed by atoms with van der Waals surface area (Å²) in [6.07, 6.45) is -2.34. The van der Waals surface area contributed by atoms with E-state index in [1.807, 2.05) is 0 Å². The van der Waals surface area contributed by atoms with Gasteiger partial charge in [-0.05, 0) is 37.6 Å². The van der Waals surface area contributed by atoms with Gasteiger partial charge < -0.3 is 5.32 Å². The van der Waals surface area contributed by atoms with Crippen LogP contribution in [-0.4, -0.2) is 28.3 Å². The summed E-state index contributed by atoms with van der Waals surface area (Å²) < 4.78 is 39.0. The van der Waals surface area contributed by atoms with Crippen LogP contribution in [0, 0.1) is 0 Å². The van der Waals surface area contributed by atoms with Crippen LogP contribution in [0.3, 0.4) is 0 Å². The lowest BCUT2D eigenvalue weighted by atomic mass is 9.97. The molecule has 118 valence electrons. The fraction of sp³-hybridized carbons (Fsp3) is 0.467. The van der Waals surface area contributed by atoms with Gasteiger partial charge in [-0.25, -0.2) is 4.98 Å². The first-order valence-corrected chi connectivity index (χ1v) is 7.31. The molecule has 0 aliphatic carbocycles. The summed E-state index contributed by atoms with van der Waals surface area (Å²) in [4.78, 5) is 4.39. The lowest BCUT2D eigenvalue weighted by molar-refractivity contribution is -0.138. The highest BCUT2D eigenvalue weighted by Crippen LogP contribution is 2.32. The quantitative estimate of drug-likeness (QED) is 0.916. The summed E-state index contributed by atoms with van der Waals surface area (Å²) >= 11 is 0. The molecule has 0 atom stereocenters. The molecule has 0 bridgehead atoms. The van der Waals surface area contributed by atoms with E-state index in [4.69, 9.17) is 0 Å². The van der Waals surface area contributed by atoms with Crippen molar-refractivity contribution in [3.8, 4) is 0 Å². The van der Waals surface area contributed by atoms with Crippen LogP contribution in [0.25, 0.3) is 0 Å². The summed E-state index contributed by atoms with van der Waals surface area (Å²) in [5.41, 5.74) is -0.405. The molecule has 0 spiro atoms. The average Bonchev–Trinajstić information content (AvgIpc) is 2.96. The molecule has 1 aliphatic rings. The Morgan fingerprint density at radius 1 is 1.14 bits per heavy atom. The van der Waals surface area contributed by atoms with Crippen molar-refractivity contribution in [2.45, 2.75) is 31.4 Å². The predicted octanol–water partition coefficient (Wildman–Crippen LogP) is 2.88. The number of nitrogens with zero attached hydrogens (tertiary/aromatic N) is 2. The molecule has 0 saturated carbocycles. The van der Waals surface area contributed by atoms with E-state index >= 15 is 0 Å². The number of hydrogen-bond acceptors (Lipinski definition) is 3. The van der Waals surface area contributed by atoms with Gasteiger partial charge in [-0.2, -0.15) is 18.3 Å². The molecule has 2 heterocycles. The Kier molecular flexibility index (Phi) is 4.15. The molecule has 7 heteroatoms. The van der Waals surface area contributed by atoms with Gasteiger partial charge in [-0.15, -0.1) is 0 Å². The zero-order chi connectivity index (χ0) is 15.6. The number of alkyl halides is 3. The highest BCUT2D eigenvalue weighted by atomic mass is 19.4. The Morgan fingerprint density at radius 3 is 2.59 bits per heavy atom. The molecule has 0 radical (unpaired) electrons. The maximum atomic E-state index is 13.0. The normalized spacial score (nSPS) is 16.9. The van der Waals surface area contributed by atoms with Crippen molar-refractivity contribution in [3.05, 3.63) is 47.0 Å². The third-order valence-corrected chi connectivity index (χ3v) is 3.93. The minimum absolute atomic E-state index is 0.105. The second-order valence-electron chi connectivity index (χ2n) is 5.50. The van der Waals surface area contributed by atoms with Gasteiger partial charge in [0.2, 0.25) is 0 Å². The van der Waals surface area contributed by atoms with Crippen molar-refractivity contribution in [2.75, 3.05) is 13.1 Å². The standard InChI is InChI=1S/C15H17F3N4/c16-15(17,18)12-4-2-1-3-11(12)9-13-20-14(22-21-13)10-5-7-19-8-6-10/h1-4,10,19H,5-9H2,(H,20,21,22).